The molecular formula is C20H21Cl2FN2O. The Morgan fingerprint density at radius 1 is 1.19 bits per heavy atom. The van der Waals surface area contributed by atoms with Crippen molar-refractivity contribution in [3.8, 4) is 5.75 Å². The number of hydrogen-bond donors (Lipinski definition) is 1. The molecule has 1 fully saturated rings. The quantitative estimate of drug-likeness (QED) is 0.826. The molecule has 1 aliphatic carbocycles. The minimum Gasteiger partial charge on any atom is -0.484 e. The Balaban J connectivity index is 1.70. The number of hydrogen-bond acceptors (Lipinski definition) is 3. The summed E-state index contributed by atoms with van der Waals surface area (Å²) in [6, 6.07) is 10.2. The average Bonchev–Trinajstić information content (AvgIpc) is 2.94. The number of ether oxygens (including phenoxy) is 1. The van der Waals surface area contributed by atoms with Gasteiger partial charge in [-0.2, -0.15) is 0 Å². The zero-order valence-electron chi connectivity index (χ0n) is 14.3. The number of likely N-dealkylation sites (tertiary alicyclic amines) is 1. The fourth-order valence-electron chi connectivity index (χ4n) is 4.11. The van der Waals surface area contributed by atoms with Crippen LogP contribution in [0.25, 0.3) is 0 Å². The molecule has 2 aliphatic rings. The van der Waals surface area contributed by atoms with E-state index in [4.69, 9.17) is 33.7 Å². The first-order chi connectivity index (χ1) is 12.5. The van der Waals surface area contributed by atoms with Crippen LogP contribution < -0.4 is 10.5 Å². The van der Waals surface area contributed by atoms with Crippen molar-refractivity contribution in [1.29, 1.82) is 0 Å². The lowest BCUT2D eigenvalue weighted by molar-refractivity contribution is 0.0591. The summed E-state index contributed by atoms with van der Waals surface area (Å²) in [6.45, 7) is 1.80. The van der Waals surface area contributed by atoms with E-state index in [1.807, 2.05) is 6.07 Å². The zero-order chi connectivity index (χ0) is 18.3. The number of rotatable bonds is 3. The van der Waals surface area contributed by atoms with Gasteiger partial charge >= 0.3 is 0 Å². The summed E-state index contributed by atoms with van der Waals surface area (Å²) in [5.74, 6) is 0.187. The van der Waals surface area contributed by atoms with Crippen LogP contribution >= 0.6 is 23.2 Å². The first-order valence-electron chi connectivity index (χ1n) is 8.91. The van der Waals surface area contributed by atoms with Crippen molar-refractivity contribution in [1.82, 2.24) is 4.90 Å². The van der Waals surface area contributed by atoms with Crippen LogP contribution in [-0.4, -0.2) is 30.1 Å². The lowest BCUT2D eigenvalue weighted by Gasteiger charge is -2.38. The van der Waals surface area contributed by atoms with E-state index in [-0.39, 0.29) is 24.0 Å². The molecule has 3 atom stereocenters. The second-order valence-electron chi connectivity index (χ2n) is 7.12. The van der Waals surface area contributed by atoms with Crippen molar-refractivity contribution in [3.63, 3.8) is 0 Å². The van der Waals surface area contributed by atoms with Crippen LogP contribution in [0.3, 0.4) is 0 Å². The van der Waals surface area contributed by atoms with Gasteiger partial charge in [-0.3, -0.25) is 4.90 Å². The highest BCUT2D eigenvalue weighted by molar-refractivity contribution is 6.35. The van der Waals surface area contributed by atoms with E-state index in [0.717, 1.165) is 43.5 Å². The molecule has 0 unspecified atom stereocenters. The first-order valence-corrected chi connectivity index (χ1v) is 9.66. The van der Waals surface area contributed by atoms with Gasteiger partial charge in [0.05, 0.1) is 6.04 Å². The van der Waals surface area contributed by atoms with E-state index in [9.17, 15) is 4.39 Å². The molecule has 0 aromatic heterocycles. The lowest BCUT2D eigenvalue weighted by atomic mass is 10.0. The van der Waals surface area contributed by atoms with Gasteiger partial charge in [-0.1, -0.05) is 29.3 Å². The lowest BCUT2D eigenvalue weighted by Crippen LogP contribution is -2.49. The summed E-state index contributed by atoms with van der Waals surface area (Å²) < 4.78 is 19.9. The molecule has 1 aliphatic heterocycles. The fraction of sp³-hybridized carbons (Fsp3) is 0.400. The van der Waals surface area contributed by atoms with Crippen molar-refractivity contribution in [3.05, 3.63) is 63.4 Å². The summed E-state index contributed by atoms with van der Waals surface area (Å²) in [5.41, 5.74) is 8.23. The molecule has 6 heteroatoms. The predicted molar refractivity (Wildman–Crippen MR) is 103 cm³/mol. The molecule has 0 amide bonds. The van der Waals surface area contributed by atoms with Crippen LogP contribution in [0.1, 0.15) is 30.1 Å². The van der Waals surface area contributed by atoms with Crippen molar-refractivity contribution >= 4 is 23.2 Å². The van der Waals surface area contributed by atoms with Crippen LogP contribution in [0.5, 0.6) is 5.75 Å². The monoisotopic (exact) mass is 394 g/mol. The summed E-state index contributed by atoms with van der Waals surface area (Å²) in [5, 5.41) is 1.24. The second-order valence-corrected chi connectivity index (χ2v) is 7.96. The van der Waals surface area contributed by atoms with E-state index in [1.54, 1.807) is 18.2 Å². The third-order valence-corrected chi connectivity index (χ3v) is 5.84. The van der Waals surface area contributed by atoms with Crippen molar-refractivity contribution in [2.75, 3.05) is 13.1 Å². The smallest absolute Gasteiger partial charge is 0.140 e. The normalized spacial score (nSPS) is 25.9. The summed E-state index contributed by atoms with van der Waals surface area (Å²) in [4.78, 5) is 2.38. The van der Waals surface area contributed by atoms with Crippen LogP contribution in [0.2, 0.25) is 10.0 Å². The highest BCUT2D eigenvalue weighted by Crippen LogP contribution is 2.43. The van der Waals surface area contributed by atoms with Gasteiger partial charge in [-0.15, -0.1) is 0 Å². The van der Waals surface area contributed by atoms with E-state index in [2.05, 4.69) is 4.90 Å². The number of nitrogens with two attached hydrogens (primary N) is 1. The van der Waals surface area contributed by atoms with E-state index in [0.29, 0.717) is 15.8 Å². The largest absolute Gasteiger partial charge is 0.484 e. The Bertz CT molecular complexity index is 816. The fourth-order valence-corrected chi connectivity index (χ4v) is 4.69. The van der Waals surface area contributed by atoms with Gasteiger partial charge in [0.1, 0.15) is 17.7 Å². The van der Waals surface area contributed by atoms with E-state index >= 15 is 0 Å². The van der Waals surface area contributed by atoms with Crippen molar-refractivity contribution in [2.24, 2.45) is 5.73 Å². The van der Waals surface area contributed by atoms with Crippen LogP contribution in [-0.2, 0) is 6.42 Å². The standard InChI is InChI=1S/C20H21Cl2FN2O/c21-12-7-17-16(18(22)8-12)10-19(25-6-2-4-14(24)11-25)20(17)26-15-5-1-3-13(23)9-15/h1,3,5,7-9,14,19-20H,2,4,6,10-11,24H2/t14-,19+,20+/m1/s1. The highest BCUT2D eigenvalue weighted by Gasteiger charge is 2.40. The van der Waals surface area contributed by atoms with Crippen LogP contribution in [0.4, 0.5) is 4.39 Å². The molecule has 2 aromatic carbocycles. The molecule has 138 valence electrons. The Hall–Kier alpha value is -1.33. The zero-order valence-corrected chi connectivity index (χ0v) is 15.8. The van der Waals surface area contributed by atoms with Gasteiger partial charge in [0.2, 0.25) is 0 Å². The molecule has 26 heavy (non-hydrogen) atoms. The topological polar surface area (TPSA) is 38.5 Å². The van der Waals surface area contributed by atoms with E-state index in [1.165, 1.54) is 12.1 Å². The van der Waals surface area contributed by atoms with Gasteiger partial charge < -0.3 is 10.5 Å². The average molecular weight is 395 g/mol. The molecule has 1 heterocycles. The third-order valence-electron chi connectivity index (χ3n) is 5.28. The van der Waals surface area contributed by atoms with Gasteiger partial charge in [0.15, 0.2) is 0 Å². The molecule has 2 N–H and O–H groups in total. The van der Waals surface area contributed by atoms with Crippen LogP contribution in [0, 0.1) is 5.82 Å². The second kappa shape index (κ2) is 7.35. The summed E-state index contributed by atoms with van der Waals surface area (Å²) in [7, 11) is 0. The SMILES string of the molecule is N[C@@H]1CCCN([C@H]2Cc3c(Cl)cc(Cl)cc3[C@@H]2Oc2cccc(F)c2)C1. The molecule has 1 saturated heterocycles. The Kier molecular flexibility index (Phi) is 5.11. The molecule has 2 aromatic rings. The molecule has 0 saturated carbocycles. The summed E-state index contributed by atoms with van der Waals surface area (Å²) in [6.07, 6.45) is 2.62. The molecule has 4 rings (SSSR count). The number of halogens is 3. The number of benzene rings is 2. The number of fused-ring (bicyclic) bond motifs is 1. The maximum atomic E-state index is 13.6. The first kappa shape index (κ1) is 18.1. The maximum Gasteiger partial charge on any atom is 0.140 e. The number of nitrogens with zero attached hydrogens (tertiary/aromatic N) is 1. The van der Waals surface area contributed by atoms with Gasteiger partial charge in [0, 0.05) is 34.3 Å². The van der Waals surface area contributed by atoms with Crippen molar-refractivity contribution < 1.29 is 9.13 Å². The van der Waals surface area contributed by atoms with E-state index < -0.39 is 0 Å². The molecule has 3 nitrogen and oxygen atoms in total. The maximum absolute atomic E-state index is 13.6. The Labute approximate surface area is 162 Å². The molecule has 0 spiro atoms. The van der Waals surface area contributed by atoms with Gasteiger partial charge in [-0.05, 0) is 55.6 Å². The molecular weight excluding hydrogens is 374 g/mol. The third kappa shape index (κ3) is 3.56. The minimum absolute atomic E-state index is 0.107. The van der Waals surface area contributed by atoms with Gasteiger partial charge in [0.25, 0.3) is 0 Å². The van der Waals surface area contributed by atoms with Crippen molar-refractivity contribution in [2.45, 2.75) is 37.5 Å². The number of piperidine rings is 1. The van der Waals surface area contributed by atoms with Crippen LogP contribution in [0.15, 0.2) is 36.4 Å². The Morgan fingerprint density at radius 3 is 2.81 bits per heavy atom. The predicted octanol–water partition coefficient (Wildman–Crippen LogP) is 4.60. The minimum atomic E-state index is -0.318. The molecule has 0 radical (unpaired) electrons. The van der Waals surface area contributed by atoms with Gasteiger partial charge in [-0.25, -0.2) is 4.39 Å². The Morgan fingerprint density at radius 2 is 2.04 bits per heavy atom. The highest BCUT2D eigenvalue weighted by atomic mass is 35.5. The molecule has 0 bridgehead atoms. The summed E-state index contributed by atoms with van der Waals surface area (Å²) >= 11 is 12.7.